The Morgan fingerprint density at radius 1 is 1.31 bits per heavy atom. The van der Waals surface area contributed by atoms with Crippen LogP contribution in [0.5, 0.6) is 0 Å². The van der Waals surface area contributed by atoms with Crippen molar-refractivity contribution >= 4 is 17.7 Å². The molecule has 0 unspecified atom stereocenters. The van der Waals surface area contributed by atoms with Crippen LogP contribution in [0.1, 0.15) is 0 Å². The molecular formula is C12H17NO2S. The van der Waals surface area contributed by atoms with Crippen LogP contribution in [0.2, 0.25) is 0 Å². The summed E-state index contributed by atoms with van der Waals surface area (Å²) in [6.45, 7) is 1.23. The van der Waals surface area contributed by atoms with Gasteiger partial charge in [0.05, 0.1) is 5.75 Å². The van der Waals surface area contributed by atoms with E-state index in [0.717, 1.165) is 11.4 Å². The van der Waals surface area contributed by atoms with Gasteiger partial charge in [-0.05, 0) is 26.2 Å². The molecule has 0 saturated heterocycles. The molecule has 16 heavy (non-hydrogen) atoms. The van der Waals surface area contributed by atoms with E-state index in [1.165, 1.54) is 11.8 Å². The molecule has 4 heteroatoms. The van der Waals surface area contributed by atoms with Crippen molar-refractivity contribution in [2.45, 2.75) is 4.90 Å². The molecule has 0 bridgehead atoms. The standard InChI is InChI=1S/C12H17NO2S/c1-13(2)8-9-15-12(14)10-16-11-6-4-3-5-7-11/h3-7H,8-10H2,1-2H3. The lowest BCUT2D eigenvalue weighted by atomic mass is 10.4. The summed E-state index contributed by atoms with van der Waals surface area (Å²) in [4.78, 5) is 14.4. The first kappa shape index (κ1) is 13.1. The smallest absolute Gasteiger partial charge is 0.316 e. The zero-order valence-electron chi connectivity index (χ0n) is 9.68. The summed E-state index contributed by atoms with van der Waals surface area (Å²) in [5, 5.41) is 0. The molecule has 1 aromatic rings. The molecule has 0 aliphatic heterocycles. The third-order valence-corrected chi connectivity index (χ3v) is 2.89. The lowest BCUT2D eigenvalue weighted by Crippen LogP contribution is -2.20. The van der Waals surface area contributed by atoms with Crippen LogP contribution in [0.3, 0.4) is 0 Å². The highest BCUT2D eigenvalue weighted by Crippen LogP contribution is 2.16. The fourth-order valence-electron chi connectivity index (χ4n) is 1.04. The second-order valence-corrected chi connectivity index (χ2v) is 4.67. The zero-order valence-corrected chi connectivity index (χ0v) is 10.5. The third kappa shape index (κ3) is 5.78. The quantitative estimate of drug-likeness (QED) is 0.560. The molecule has 0 radical (unpaired) electrons. The van der Waals surface area contributed by atoms with Crippen LogP contribution in [0.4, 0.5) is 0 Å². The Morgan fingerprint density at radius 3 is 2.62 bits per heavy atom. The fourth-order valence-corrected chi connectivity index (χ4v) is 1.76. The van der Waals surface area contributed by atoms with E-state index in [-0.39, 0.29) is 5.97 Å². The van der Waals surface area contributed by atoms with Gasteiger partial charge in [-0.25, -0.2) is 0 Å². The number of nitrogens with zero attached hydrogens (tertiary/aromatic N) is 1. The first-order valence-corrected chi connectivity index (χ1v) is 6.15. The highest BCUT2D eigenvalue weighted by molar-refractivity contribution is 8.00. The third-order valence-electron chi connectivity index (χ3n) is 1.90. The molecule has 0 amide bonds. The van der Waals surface area contributed by atoms with E-state index in [4.69, 9.17) is 4.74 Å². The van der Waals surface area contributed by atoms with Gasteiger partial charge in [-0.1, -0.05) is 18.2 Å². The molecule has 88 valence electrons. The highest BCUT2D eigenvalue weighted by atomic mass is 32.2. The lowest BCUT2D eigenvalue weighted by molar-refractivity contribution is -0.140. The van der Waals surface area contributed by atoms with Gasteiger partial charge in [-0.3, -0.25) is 4.79 Å². The summed E-state index contributed by atoms with van der Waals surface area (Å²) in [6, 6.07) is 9.84. The number of carbonyl (C=O) groups excluding carboxylic acids is 1. The average molecular weight is 239 g/mol. The number of esters is 1. The maximum absolute atomic E-state index is 11.3. The van der Waals surface area contributed by atoms with Crippen molar-refractivity contribution in [1.29, 1.82) is 0 Å². The molecule has 1 rings (SSSR count). The predicted molar refractivity (Wildman–Crippen MR) is 66.7 cm³/mol. The van der Waals surface area contributed by atoms with Crippen molar-refractivity contribution in [3.8, 4) is 0 Å². The normalized spacial score (nSPS) is 10.4. The van der Waals surface area contributed by atoms with E-state index in [0.29, 0.717) is 12.4 Å². The molecule has 0 spiro atoms. The topological polar surface area (TPSA) is 29.5 Å². The summed E-state index contributed by atoms with van der Waals surface area (Å²) in [5.41, 5.74) is 0. The van der Waals surface area contributed by atoms with Gasteiger partial charge in [-0.15, -0.1) is 11.8 Å². The van der Waals surface area contributed by atoms with Gasteiger partial charge in [0.2, 0.25) is 0 Å². The van der Waals surface area contributed by atoms with Crippen molar-refractivity contribution in [1.82, 2.24) is 4.90 Å². The summed E-state index contributed by atoms with van der Waals surface area (Å²) in [5.74, 6) is 0.216. The summed E-state index contributed by atoms with van der Waals surface area (Å²) >= 11 is 1.50. The lowest BCUT2D eigenvalue weighted by Gasteiger charge is -2.09. The number of benzene rings is 1. The average Bonchev–Trinajstić information content (AvgIpc) is 2.27. The van der Waals surface area contributed by atoms with Gasteiger partial charge in [-0.2, -0.15) is 0 Å². The van der Waals surface area contributed by atoms with Crippen LogP contribution in [0.25, 0.3) is 0 Å². The Balaban J connectivity index is 2.16. The second kappa shape index (κ2) is 7.30. The van der Waals surface area contributed by atoms with Gasteiger partial charge < -0.3 is 9.64 Å². The van der Waals surface area contributed by atoms with Crippen molar-refractivity contribution in [2.75, 3.05) is 33.0 Å². The van der Waals surface area contributed by atoms with E-state index in [1.54, 1.807) is 0 Å². The summed E-state index contributed by atoms with van der Waals surface area (Å²) in [7, 11) is 3.90. The number of hydrogen-bond donors (Lipinski definition) is 0. The predicted octanol–water partition coefficient (Wildman–Crippen LogP) is 1.88. The van der Waals surface area contributed by atoms with Crippen molar-refractivity contribution < 1.29 is 9.53 Å². The summed E-state index contributed by atoms with van der Waals surface area (Å²) < 4.78 is 5.07. The van der Waals surface area contributed by atoms with Crippen LogP contribution < -0.4 is 0 Å². The minimum atomic E-state index is -0.157. The Morgan fingerprint density at radius 2 is 2.00 bits per heavy atom. The van der Waals surface area contributed by atoms with Gasteiger partial charge in [0.1, 0.15) is 6.61 Å². The number of hydrogen-bond acceptors (Lipinski definition) is 4. The molecule has 0 aromatic heterocycles. The van der Waals surface area contributed by atoms with Crippen LogP contribution >= 0.6 is 11.8 Å². The molecule has 0 aliphatic carbocycles. The largest absolute Gasteiger partial charge is 0.464 e. The van der Waals surface area contributed by atoms with E-state index in [9.17, 15) is 4.79 Å². The van der Waals surface area contributed by atoms with Crippen LogP contribution in [0.15, 0.2) is 35.2 Å². The maximum Gasteiger partial charge on any atom is 0.316 e. The van der Waals surface area contributed by atoms with E-state index in [1.807, 2.05) is 49.3 Å². The number of ether oxygens (including phenoxy) is 1. The Bertz CT molecular complexity index is 314. The second-order valence-electron chi connectivity index (χ2n) is 3.63. The molecule has 0 fully saturated rings. The summed E-state index contributed by atoms with van der Waals surface area (Å²) in [6.07, 6.45) is 0. The van der Waals surface area contributed by atoms with Gasteiger partial charge in [0, 0.05) is 11.4 Å². The molecule has 0 aliphatic rings. The minimum absolute atomic E-state index is 0.157. The highest BCUT2D eigenvalue weighted by Gasteiger charge is 2.03. The van der Waals surface area contributed by atoms with E-state index in [2.05, 4.69) is 0 Å². The van der Waals surface area contributed by atoms with Gasteiger partial charge >= 0.3 is 5.97 Å². The van der Waals surface area contributed by atoms with Crippen LogP contribution in [0, 0.1) is 0 Å². The van der Waals surface area contributed by atoms with Crippen LogP contribution in [-0.2, 0) is 9.53 Å². The molecule has 0 heterocycles. The molecule has 1 aromatic carbocycles. The van der Waals surface area contributed by atoms with Gasteiger partial charge in [0.25, 0.3) is 0 Å². The zero-order chi connectivity index (χ0) is 11.8. The van der Waals surface area contributed by atoms with Crippen molar-refractivity contribution in [2.24, 2.45) is 0 Å². The molecule has 0 saturated carbocycles. The van der Waals surface area contributed by atoms with Crippen LogP contribution in [-0.4, -0.2) is 43.9 Å². The first-order valence-electron chi connectivity index (χ1n) is 5.16. The number of carbonyl (C=O) groups is 1. The molecule has 0 N–H and O–H groups in total. The number of likely N-dealkylation sites (N-methyl/N-ethyl adjacent to an activating group) is 1. The van der Waals surface area contributed by atoms with Crippen molar-refractivity contribution in [3.05, 3.63) is 30.3 Å². The number of thioether (sulfide) groups is 1. The van der Waals surface area contributed by atoms with Crippen molar-refractivity contribution in [3.63, 3.8) is 0 Å². The maximum atomic E-state index is 11.3. The monoisotopic (exact) mass is 239 g/mol. The minimum Gasteiger partial charge on any atom is -0.464 e. The van der Waals surface area contributed by atoms with E-state index >= 15 is 0 Å². The SMILES string of the molecule is CN(C)CCOC(=O)CSc1ccccc1. The number of rotatable bonds is 6. The molecule has 3 nitrogen and oxygen atoms in total. The van der Waals surface area contributed by atoms with Gasteiger partial charge in [0.15, 0.2) is 0 Å². The van der Waals surface area contributed by atoms with E-state index < -0.39 is 0 Å². The Kier molecular flexibility index (Phi) is 5.96. The molecular weight excluding hydrogens is 222 g/mol. The fraction of sp³-hybridized carbons (Fsp3) is 0.417. The molecule has 0 atom stereocenters. The Hall–Kier alpha value is -1.00. The first-order chi connectivity index (χ1) is 7.68. The Labute approximate surface area is 101 Å².